The van der Waals surface area contributed by atoms with Gasteiger partial charge in [-0.1, -0.05) is 12.8 Å². The van der Waals surface area contributed by atoms with E-state index in [4.69, 9.17) is 5.11 Å². The Morgan fingerprint density at radius 3 is 2.50 bits per heavy atom. The topological polar surface area (TPSA) is 122 Å². The second kappa shape index (κ2) is 8.28. The van der Waals surface area contributed by atoms with Crippen LogP contribution >= 0.6 is 0 Å². The van der Waals surface area contributed by atoms with E-state index in [1.54, 1.807) is 12.1 Å². The van der Waals surface area contributed by atoms with Gasteiger partial charge in [0.1, 0.15) is 6.04 Å². The first-order chi connectivity index (χ1) is 11.5. The van der Waals surface area contributed by atoms with Gasteiger partial charge in [0, 0.05) is 30.8 Å². The molecule has 0 heterocycles. The molecule has 1 amide bonds. The summed E-state index contributed by atoms with van der Waals surface area (Å²) in [5.74, 6) is -0.831. The van der Waals surface area contributed by atoms with Gasteiger partial charge in [-0.15, -0.1) is 0 Å². The lowest BCUT2D eigenvalue weighted by Gasteiger charge is -2.14. The van der Waals surface area contributed by atoms with Crippen molar-refractivity contribution in [2.45, 2.75) is 38.1 Å². The number of carboxylic acid groups (broad SMARTS) is 1. The molecule has 1 saturated carbocycles. The molecule has 0 aromatic heterocycles. The third kappa shape index (κ3) is 5.86. The van der Waals surface area contributed by atoms with Gasteiger partial charge in [0.2, 0.25) is 5.91 Å². The number of nitro groups is 1. The van der Waals surface area contributed by atoms with Crippen molar-refractivity contribution in [3.8, 4) is 0 Å². The van der Waals surface area contributed by atoms with Crippen LogP contribution in [0, 0.1) is 16.0 Å². The Morgan fingerprint density at radius 1 is 1.29 bits per heavy atom. The van der Waals surface area contributed by atoms with E-state index in [1.165, 1.54) is 12.1 Å². The second-order valence-corrected chi connectivity index (χ2v) is 5.97. The first-order valence-corrected chi connectivity index (χ1v) is 7.96. The molecule has 1 aliphatic carbocycles. The van der Waals surface area contributed by atoms with Crippen LogP contribution < -0.4 is 10.6 Å². The van der Waals surface area contributed by atoms with E-state index >= 15 is 0 Å². The van der Waals surface area contributed by atoms with Crippen molar-refractivity contribution in [2.75, 3.05) is 11.9 Å². The van der Waals surface area contributed by atoms with Crippen LogP contribution in [0.1, 0.15) is 32.1 Å². The van der Waals surface area contributed by atoms with E-state index in [1.807, 2.05) is 0 Å². The number of aliphatic carboxylic acids is 1. The number of rotatable bonds is 10. The SMILES string of the molecule is O=C(CCCNc1ccc([N+](=O)[O-])cc1)NC(CC1CC1)C(=O)O. The number of amides is 1. The molecule has 1 unspecified atom stereocenters. The molecule has 0 bridgehead atoms. The number of non-ortho nitro benzene ring substituents is 1. The van der Waals surface area contributed by atoms with E-state index in [0.717, 1.165) is 18.5 Å². The molecule has 24 heavy (non-hydrogen) atoms. The molecule has 1 aliphatic rings. The minimum atomic E-state index is -0.987. The lowest BCUT2D eigenvalue weighted by molar-refractivity contribution is -0.384. The Morgan fingerprint density at radius 2 is 1.96 bits per heavy atom. The summed E-state index contributed by atoms with van der Waals surface area (Å²) < 4.78 is 0. The van der Waals surface area contributed by atoms with Crippen LogP contribution in [0.25, 0.3) is 0 Å². The minimum Gasteiger partial charge on any atom is -0.480 e. The fraction of sp³-hybridized carbons (Fsp3) is 0.500. The lowest BCUT2D eigenvalue weighted by Crippen LogP contribution is -2.41. The van der Waals surface area contributed by atoms with E-state index in [0.29, 0.717) is 25.3 Å². The number of hydrogen-bond acceptors (Lipinski definition) is 5. The first kappa shape index (κ1) is 17.7. The fourth-order valence-corrected chi connectivity index (χ4v) is 2.36. The van der Waals surface area contributed by atoms with E-state index in [9.17, 15) is 19.7 Å². The summed E-state index contributed by atoms with van der Waals surface area (Å²) in [6.07, 6.45) is 3.35. The molecular weight excluding hydrogens is 314 g/mol. The Kier molecular flexibility index (Phi) is 6.11. The summed E-state index contributed by atoms with van der Waals surface area (Å²) in [4.78, 5) is 33.0. The van der Waals surface area contributed by atoms with Gasteiger partial charge in [0.05, 0.1) is 4.92 Å². The predicted octanol–water partition coefficient (Wildman–Crippen LogP) is 2.16. The number of nitrogens with zero attached hydrogens (tertiary/aromatic N) is 1. The Labute approximate surface area is 139 Å². The molecule has 1 fully saturated rings. The maximum Gasteiger partial charge on any atom is 0.326 e. The van der Waals surface area contributed by atoms with Crippen molar-refractivity contribution < 1.29 is 19.6 Å². The van der Waals surface area contributed by atoms with Crippen LogP contribution in [0.5, 0.6) is 0 Å². The van der Waals surface area contributed by atoms with Crippen molar-refractivity contribution in [3.63, 3.8) is 0 Å². The fourth-order valence-electron chi connectivity index (χ4n) is 2.36. The molecule has 1 atom stereocenters. The molecule has 0 aliphatic heterocycles. The molecule has 0 radical (unpaired) electrons. The zero-order chi connectivity index (χ0) is 17.5. The number of carboxylic acids is 1. The highest BCUT2D eigenvalue weighted by molar-refractivity contribution is 5.83. The number of benzene rings is 1. The average molecular weight is 335 g/mol. The van der Waals surface area contributed by atoms with Crippen molar-refractivity contribution in [1.82, 2.24) is 5.32 Å². The normalized spacial score (nSPS) is 14.7. The van der Waals surface area contributed by atoms with Gasteiger partial charge in [-0.2, -0.15) is 0 Å². The highest BCUT2D eigenvalue weighted by Gasteiger charge is 2.29. The number of nitrogens with one attached hydrogen (secondary N) is 2. The number of nitro benzene ring substituents is 1. The van der Waals surface area contributed by atoms with Crippen LogP contribution in [0.15, 0.2) is 24.3 Å². The molecular formula is C16H21N3O5. The van der Waals surface area contributed by atoms with Gasteiger partial charge in [-0.25, -0.2) is 4.79 Å². The minimum absolute atomic E-state index is 0.0234. The summed E-state index contributed by atoms with van der Waals surface area (Å²) in [6.45, 7) is 0.519. The molecule has 0 spiro atoms. The maximum atomic E-state index is 11.8. The molecule has 2 rings (SSSR count). The highest BCUT2D eigenvalue weighted by Crippen LogP contribution is 2.33. The number of carbonyl (C=O) groups is 2. The molecule has 0 saturated heterocycles. The van der Waals surface area contributed by atoms with Gasteiger partial charge in [-0.05, 0) is 30.9 Å². The van der Waals surface area contributed by atoms with E-state index in [-0.39, 0.29) is 18.0 Å². The maximum absolute atomic E-state index is 11.8. The molecule has 1 aromatic rings. The van der Waals surface area contributed by atoms with Gasteiger partial charge in [0.25, 0.3) is 5.69 Å². The standard InChI is InChI=1S/C16H21N3O5/c20-15(18-14(16(21)22)10-11-3-4-11)2-1-9-17-12-5-7-13(8-6-12)19(23)24/h5-8,11,14,17H,1-4,9-10H2,(H,18,20)(H,21,22). The van der Waals surface area contributed by atoms with Crippen molar-refractivity contribution in [3.05, 3.63) is 34.4 Å². The number of anilines is 1. The predicted molar refractivity (Wildman–Crippen MR) is 87.7 cm³/mol. The van der Waals surface area contributed by atoms with Gasteiger partial charge in [0.15, 0.2) is 0 Å². The number of hydrogen-bond donors (Lipinski definition) is 3. The second-order valence-electron chi connectivity index (χ2n) is 5.97. The lowest BCUT2D eigenvalue weighted by atomic mass is 10.1. The summed E-state index contributed by atoms with van der Waals surface area (Å²) in [5.41, 5.74) is 0.758. The van der Waals surface area contributed by atoms with E-state index in [2.05, 4.69) is 10.6 Å². The van der Waals surface area contributed by atoms with Gasteiger partial charge < -0.3 is 15.7 Å². The van der Waals surface area contributed by atoms with Gasteiger partial charge >= 0.3 is 5.97 Å². The van der Waals surface area contributed by atoms with Crippen molar-refractivity contribution >= 4 is 23.3 Å². The first-order valence-electron chi connectivity index (χ1n) is 7.96. The third-order valence-electron chi connectivity index (χ3n) is 3.89. The molecule has 3 N–H and O–H groups in total. The molecule has 130 valence electrons. The third-order valence-corrected chi connectivity index (χ3v) is 3.89. The van der Waals surface area contributed by atoms with Gasteiger partial charge in [-0.3, -0.25) is 14.9 Å². The number of carbonyl (C=O) groups excluding carboxylic acids is 1. The highest BCUT2D eigenvalue weighted by atomic mass is 16.6. The Balaban J connectivity index is 1.66. The smallest absolute Gasteiger partial charge is 0.326 e. The van der Waals surface area contributed by atoms with E-state index < -0.39 is 16.9 Å². The molecule has 8 heteroatoms. The quantitative estimate of drug-likeness (QED) is 0.342. The molecule has 8 nitrogen and oxygen atoms in total. The summed E-state index contributed by atoms with van der Waals surface area (Å²) in [7, 11) is 0. The zero-order valence-electron chi connectivity index (χ0n) is 13.2. The average Bonchev–Trinajstić information content (AvgIpc) is 3.35. The zero-order valence-corrected chi connectivity index (χ0v) is 13.2. The van der Waals surface area contributed by atoms with Crippen LogP contribution in [0.4, 0.5) is 11.4 Å². The largest absolute Gasteiger partial charge is 0.480 e. The van der Waals surface area contributed by atoms with Crippen LogP contribution in [0.2, 0.25) is 0 Å². The summed E-state index contributed by atoms with van der Waals surface area (Å²) in [5, 5.41) is 25.3. The summed E-state index contributed by atoms with van der Waals surface area (Å²) in [6, 6.07) is 5.23. The molecule has 1 aromatic carbocycles. The Bertz CT molecular complexity index is 598. The monoisotopic (exact) mass is 335 g/mol. The van der Waals surface area contributed by atoms with Crippen LogP contribution in [-0.4, -0.2) is 34.5 Å². The van der Waals surface area contributed by atoms with Crippen molar-refractivity contribution in [2.24, 2.45) is 5.92 Å². The van der Waals surface area contributed by atoms with Crippen LogP contribution in [-0.2, 0) is 9.59 Å². The van der Waals surface area contributed by atoms with Crippen molar-refractivity contribution in [1.29, 1.82) is 0 Å². The summed E-state index contributed by atoms with van der Waals surface area (Å²) >= 11 is 0. The Hall–Kier alpha value is -2.64. The van der Waals surface area contributed by atoms with Crippen LogP contribution in [0.3, 0.4) is 0 Å².